The van der Waals surface area contributed by atoms with Crippen LogP contribution in [0.15, 0.2) is 12.3 Å². The lowest BCUT2D eigenvalue weighted by Crippen LogP contribution is -2.14. The van der Waals surface area contributed by atoms with Crippen LogP contribution in [0.5, 0.6) is 5.88 Å². The monoisotopic (exact) mass is 268 g/mol. The minimum Gasteiger partial charge on any atom is -0.481 e. The zero-order valence-electron chi connectivity index (χ0n) is 8.90. The number of aromatic nitrogens is 1. The van der Waals surface area contributed by atoms with E-state index in [0.29, 0.717) is 5.88 Å². The molecule has 1 saturated heterocycles. The maximum absolute atomic E-state index is 13.0. The van der Waals surface area contributed by atoms with Gasteiger partial charge in [0, 0.05) is 11.6 Å². The Bertz CT molecular complexity index is 333. The molecular formula is C10H15Cl2FN2O. The molecule has 1 aromatic heterocycles. The number of nitrogens with zero attached hydrogens (tertiary/aromatic N) is 1. The third-order valence-corrected chi connectivity index (χ3v) is 2.47. The van der Waals surface area contributed by atoms with Crippen LogP contribution in [0, 0.1) is 5.82 Å². The van der Waals surface area contributed by atoms with Gasteiger partial charge in [0.15, 0.2) is 0 Å². The molecule has 3 nitrogen and oxygen atoms in total. The van der Waals surface area contributed by atoms with Crippen molar-refractivity contribution in [3.8, 4) is 5.88 Å². The van der Waals surface area contributed by atoms with Crippen LogP contribution in [0.3, 0.4) is 0 Å². The highest BCUT2D eigenvalue weighted by Gasteiger charge is 2.21. The summed E-state index contributed by atoms with van der Waals surface area (Å²) in [6.07, 6.45) is 3.31. The molecule has 1 fully saturated rings. The fourth-order valence-electron chi connectivity index (χ4n) is 1.81. The Labute approximate surface area is 107 Å². The minimum atomic E-state index is -0.311. The zero-order chi connectivity index (χ0) is 9.97. The quantitative estimate of drug-likeness (QED) is 0.895. The molecule has 0 bridgehead atoms. The normalized spacial score (nSPS) is 18.5. The standard InChI is InChI=1S/C10H13FN2O.2ClH/c1-14-10-8(5-7(11)6-13-10)9-3-2-4-12-9;;/h5-6,9,12H,2-4H2,1H3;2*1H. The zero-order valence-corrected chi connectivity index (χ0v) is 10.5. The Morgan fingerprint density at radius 3 is 2.81 bits per heavy atom. The van der Waals surface area contributed by atoms with Gasteiger partial charge in [-0.05, 0) is 25.5 Å². The Hall–Kier alpha value is -0.580. The van der Waals surface area contributed by atoms with E-state index in [9.17, 15) is 4.39 Å². The number of hydrogen-bond acceptors (Lipinski definition) is 3. The highest BCUT2D eigenvalue weighted by Crippen LogP contribution is 2.29. The molecule has 0 spiro atoms. The molecule has 2 rings (SSSR count). The molecule has 92 valence electrons. The van der Waals surface area contributed by atoms with Gasteiger partial charge in [-0.15, -0.1) is 24.8 Å². The van der Waals surface area contributed by atoms with Crippen molar-refractivity contribution in [1.29, 1.82) is 0 Å². The maximum Gasteiger partial charge on any atom is 0.218 e. The Morgan fingerprint density at radius 1 is 1.50 bits per heavy atom. The van der Waals surface area contributed by atoms with Gasteiger partial charge < -0.3 is 10.1 Å². The molecule has 16 heavy (non-hydrogen) atoms. The Balaban J connectivity index is 0.00000112. The Morgan fingerprint density at radius 2 is 2.25 bits per heavy atom. The van der Waals surface area contributed by atoms with Crippen LogP contribution < -0.4 is 10.1 Å². The second-order valence-corrected chi connectivity index (χ2v) is 3.40. The van der Waals surface area contributed by atoms with Gasteiger partial charge in [0.1, 0.15) is 5.82 Å². The molecule has 6 heteroatoms. The van der Waals surface area contributed by atoms with E-state index >= 15 is 0 Å². The SMILES string of the molecule is COc1ncc(F)cc1C1CCCN1.Cl.Cl. The fourth-order valence-corrected chi connectivity index (χ4v) is 1.81. The number of halogens is 3. The summed E-state index contributed by atoms with van der Waals surface area (Å²) in [5, 5.41) is 3.29. The third kappa shape index (κ3) is 3.20. The van der Waals surface area contributed by atoms with Gasteiger partial charge in [-0.3, -0.25) is 0 Å². The summed E-state index contributed by atoms with van der Waals surface area (Å²) in [5.41, 5.74) is 0.824. The van der Waals surface area contributed by atoms with E-state index in [2.05, 4.69) is 10.3 Å². The van der Waals surface area contributed by atoms with Crippen molar-refractivity contribution in [2.75, 3.05) is 13.7 Å². The summed E-state index contributed by atoms with van der Waals surface area (Å²) < 4.78 is 18.1. The van der Waals surface area contributed by atoms with Gasteiger partial charge in [-0.2, -0.15) is 0 Å². The average Bonchev–Trinajstić information content (AvgIpc) is 2.70. The van der Waals surface area contributed by atoms with E-state index in [1.165, 1.54) is 12.3 Å². The van der Waals surface area contributed by atoms with E-state index < -0.39 is 0 Å². The van der Waals surface area contributed by atoms with Crippen molar-refractivity contribution in [3.63, 3.8) is 0 Å². The van der Waals surface area contributed by atoms with Gasteiger partial charge in [0.2, 0.25) is 5.88 Å². The lowest BCUT2D eigenvalue weighted by Gasteiger charge is -2.13. The van der Waals surface area contributed by atoms with Gasteiger partial charge in [0.25, 0.3) is 0 Å². The van der Waals surface area contributed by atoms with Crippen LogP contribution in [-0.4, -0.2) is 18.6 Å². The van der Waals surface area contributed by atoms with Crippen LogP contribution >= 0.6 is 24.8 Å². The summed E-state index contributed by atoms with van der Waals surface area (Å²) in [6.45, 7) is 0.977. The lowest BCUT2D eigenvalue weighted by molar-refractivity contribution is 0.383. The predicted octanol–water partition coefficient (Wildman–Crippen LogP) is 2.50. The van der Waals surface area contributed by atoms with Crippen molar-refractivity contribution in [1.82, 2.24) is 10.3 Å². The van der Waals surface area contributed by atoms with E-state index in [4.69, 9.17) is 4.74 Å². The minimum absolute atomic E-state index is 0. The smallest absolute Gasteiger partial charge is 0.218 e. The van der Waals surface area contributed by atoms with Crippen LogP contribution in [0.25, 0.3) is 0 Å². The van der Waals surface area contributed by atoms with Crippen molar-refractivity contribution in [2.45, 2.75) is 18.9 Å². The van der Waals surface area contributed by atoms with Crippen LogP contribution in [-0.2, 0) is 0 Å². The molecular weight excluding hydrogens is 254 g/mol. The number of rotatable bonds is 2. The molecule has 0 aromatic carbocycles. The van der Waals surface area contributed by atoms with Crippen molar-refractivity contribution in [2.24, 2.45) is 0 Å². The lowest BCUT2D eigenvalue weighted by atomic mass is 10.1. The first-order valence-corrected chi connectivity index (χ1v) is 4.74. The number of methoxy groups -OCH3 is 1. The highest BCUT2D eigenvalue weighted by atomic mass is 35.5. The topological polar surface area (TPSA) is 34.1 Å². The van der Waals surface area contributed by atoms with Gasteiger partial charge in [0.05, 0.1) is 13.3 Å². The van der Waals surface area contributed by atoms with Crippen LogP contribution in [0.4, 0.5) is 4.39 Å². The molecule has 1 aliphatic heterocycles. The number of ether oxygens (including phenoxy) is 1. The summed E-state index contributed by atoms with van der Waals surface area (Å²) in [6, 6.07) is 1.68. The largest absolute Gasteiger partial charge is 0.481 e. The first-order chi connectivity index (χ1) is 6.81. The van der Waals surface area contributed by atoms with Crippen molar-refractivity contribution < 1.29 is 9.13 Å². The molecule has 1 aliphatic rings. The molecule has 1 unspecified atom stereocenters. The molecule has 1 N–H and O–H groups in total. The van der Waals surface area contributed by atoms with E-state index in [-0.39, 0.29) is 36.7 Å². The fraction of sp³-hybridized carbons (Fsp3) is 0.500. The number of nitrogens with one attached hydrogen (secondary N) is 1. The van der Waals surface area contributed by atoms with Gasteiger partial charge in [-0.1, -0.05) is 0 Å². The molecule has 1 atom stereocenters. The van der Waals surface area contributed by atoms with Crippen molar-refractivity contribution >= 4 is 24.8 Å². The molecule has 2 heterocycles. The van der Waals surface area contributed by atoms with E-state index in [1.54, 1.807) is 7.11 Å². The van der Waals surface area contributed by atoms with Crippen molar-refractivity contribution in [3.05, 3.63) is 23.6 Å². The predicted molar refractivity (Wildman–Crippen MR) is 65.2 cm³/mol. The molecule has 0 aliphatic carbocycles. The highest BCUT2D eigenvalue weighted by molar-refractivity contribution is 5.85. The van der Waals surface area contributed by atoms with Crippen LogP contribution in [0.1, 0.15) is 24.4 Å². The average molecular weight is 269 g/mol. The number of hydrogen-bond donors (Lipinski definition) is 1. The summed E-state index contributed by atoms with van der Waals surface area (Å²) in [7, 11) is 1.55. The Kier molecular flexibility index (Phi) is 6.64. The van der Waals surface area contributed by atoms with Gasteiger partial charge in [-0.25, -0.2) is 9.37 Å². The first-order valence-electron chi connectivity index (χ1n) is 4.74. The van der Waals surface area contributed by atoms with Gasteiger partial charge >= 0.3 is 0 Å². The maximum atomic E-state index is 13.0. The second-order valence-electron chi connectivity index (χ2n) is 3.40. The number of pyridine rings is 1. The first kappa shape index (κ1) is 15.4. The second kappa shape index (κ2) is 6.89. The van der Waals surface area contributed by atoms with E-state index in [0.717, 1.165) is 24.9 Å². The third-order valence-electron chi connectivity index (χ3n) is 2.47. The summed E-state index contributed by atoms with van der Waals surface area (Å²) in [4.78, 5) is 3.90. The van der Waals surface area contributed by atoms with Crippen LogP contribution in [0.2, 0.25) is 0 Å². The summed E-state index contributed by atoms with van der Waals surface area (Å²) in [5.74, 6) is 0.209. The molecule has 0 radical (unpaired) electrons. The molecule has 0 amide bonds. The molecule has 1 aromatic rings. The van der Waals surface area contributed by atoms with E-state index in [1.807, 2.05) is 0 Å². The summed E-state index contributed by atoms with van der Waals surface area (Å²) >= 11 is 0. The molecule has 0 saturated carbocycles.